The van der Waals surface area contributed by atoms with E-state index in [1.165, 1.54) is 32.1 Å². The molecule has 1 aromatic carbocycles. The second kappa shape index (κ2) is 14.9. The summed E-state index contributed by atoms with van der Waals surface area (Å²) in [7, 11) is 0. The summed E-state index contributed by atoms with van der Waals surface area (Å²) in [5, 5.41) is 3.09. The molecular weight excluding hydrogens is 402 g/mol. The zero-order valence-electron chi connectivity index (χ0n) is 20.4. The van der Waals surface area contributed by atoms with E-state index < -0.39 is 0 Å². The highest BCUT2D eigenvalue weighted by molar-refractivity contribution is 5.92. The van der Waals surface area contributed by atoms with E-state index >= 15 is 0 Å². The number of carbonyl (C=O) groups is 2. The molecule has 2 rings (SSSR count). The number of carbonyl (C=O) groups excluding carboxylic acids is 2. The Labute approximate surface area is 194 Å². The van der Waals surface area contributed by atoms with Crippen LogP contribution in [-0.4, -0.2) is 25.1 Å². The summed E-state index contributed by atoms with van der Waals surface area (Å²) in [5.41, 5.74) is 1.32. The van der Waals surface area contributed by atoms with Crippen molar-refractivity contribution in [3.63, 3.8) is 0 Å². The van der Waals surface area contributed by atoms with Gasteiger partial charge in [0, 0.05) is 6.42 Å². The van der Waals surface area contributed by atoms with Crippen LogP contribution in [-0.2, 0) is 9.53 Å². The number of rotatable bonds is 14. The summed E-state index contributed by atoms with van der Waals surface area (Å²) < 4.78 is 11.3. The smallest absolute Gasteiger partial charge is 0.341 e. The van der Waals surface area contributed by atoms with Crippen LogP contribution in [0.5, 0.6) is 5.75 Å². The van der Waals surface area contributed by atoms with Gasteiger partial charge in [0.05, 0.1) is 19.3 Å². The summed E-state index contributed by atoms with van der Waals surface area (Å²) >= 11 is 0. The first-order valence-electron chi connectivity index (χ1n) is 12.8. The third-order valence-corrected chi connectivity index (χ3v) is 6.33. The largest absolute Gasteiger partial charge is 0.493 e. The molecule has 32 heavy (non-hydrogen) atoms. The van der Waals surface area contributed by atoms with Crippen LogP contribution in [0.4, 0.5) is 0 Å². The molecule has 0 saturated heterocycles. The van der Waals surface area contributed by atoms with Crippen LogP contribution >= 0.6 is 0 Å². The highest BCUT2D eigenvalue weighted by Gasteiger charge is 2.19. The predicted molar refractivity (Wildman–Crippen MR) is 129 cm³/mol. The summed E-state index contributed by atoms with van der Waals surface area (Å²) in [5.74, 6) is 1.06. The zero-order valence-corrected chi connectivity index (χ0v) is 20.4. The van der Waals surface area contributed by atoms with E-state index in [0.717, 1.165) is 50.0 Å². The standard InChI is InChI=1S/C27H43NO4/c1-4-6-18-31-25-17-16-23(20-24(25)27(30)32-19-7-5-2)21(3)28-26(29)15-11-14-22-12-9-8-10-13-22/h16-17,20-22H,4-15,18-19H2,1-3H3,(H,28,29). The summed E-state index contributed by atoms with van der Waals surface area (Å²) in [6.07, 6.45) is 13.1. The van der Waals surface area contributed by atoms with Crippen molar-refractivity contribution in [2.45, 2.75) is 104 Å². The number of unbranched alkanes of at least 4 members (excludes halogenated alkanes) is 2. The van der Waals surface area contributed by atoms with Crippen molar-refractivity contribution in [1.82, 2.24) is 5.32 Å². The lowest BCUT2D eigenvalue weighted by atomic mass is 9.86. The van der Waals surface area contributed by atoms with Gasteiger partial charge in [0.1, 0.15) is 11.3 Å². The maximum atomic E-state index is 12.7. The van der Waals surface area contributed by atoms with Gasteiger partial charge < -0.3 is 14.8 Å². The number of nitrogens with one attached hydrogen (secondary N) is 1. The monoisotopic (exact) mass is 445 g/mol. The molecule has 5 heteroatoms. The molecule has 0 aliphatic heterocycles. The fourth-order valence-corrected chi connectivity index (χ4v) is 4.24. The molecule has 0 spiro atoms. The Morgan fingerprint density at radius 2 is 1.75 bits per heavy atom. The molecule has 1 atom stereocenters. The average molecular weight is 446 g/mol. The zero-order chi connectivity index (χ0) is 23.2. The lowest BCUT2D eigenvalue weighted by Gasteiger charge is -2.21. The number of amides is 1. The molecule has 1 N–H and O–H groups in total. The molecule has 1 fully saturated rings. The molecule has 1 amide bonds. The molecule has 1 aromatic rings. The molecule has 0 aromatic heterocycles. The van der Waals surface area contributed by atoms with Gasteiger partial charge in [-0.15, -0.1) is 0 Å². The summed E-state index contributed by atoms with van der Waals surface area (Å²) in [6, 6.07) is 5.39. The van der Waals surface area contributed by atoms with Gasteiger partial charge in [0.2, 0.25) is 5.91 Å². The Balaban J connectivity index is 1.94. The quantitative estimate of drug-likeness (QED) is 0.254. The van der Waals surface area contributed by atoms with Crippen molar-refractivity contribution in [1.29, 1.82) is 0 Å². The highest BCUT2D eigenvalue weighted by atomic mass is 16.5. The Morgan fingerprint density at radius 3 is 2.47 bits per heavy atom. The SMILES string of the molecule is CCCCOC(=O)c1cc(C(C)NC(=O)CCCC2CCCCC2)ccc1OCCCC. The Bertz CT molecular complexity index is 697. The lowest BCUT2D eigenvalue weighted by Crippen LogP contribution is -2.26. The molecule has 180 valence electrons. The molecule has 1 unspecified atom stereocenters. The number of esters is 1. The second-order valence-corrected chi connectivity index (χ2v) is 9.13. The number of hydrogen-bond acceptors (Lipinski definition) is 4. The van der Waals surface area contributed by atoms with E-state index in [1.54, 1.807) is 0 Å². The first kappa shape index (κ1) is 26.2. The van der Waals surface area contributed by atoms with E-state index in [-0.39, 0.29) is 17.9 Å². The molecule has 1 aliphatic carbocycles. The normalized spacial score (nSPS) is 15.2. The highest BCUT2D eigenvalue weighted by Crippen LogP contribution is 2.28. The minimum Gasteiger partial charge on any atom is -0.493 e. The fourth-order valence-electron chi connectivity index (χ4n) is 4.24. The van der Waals surface area contributed by atoms with Crippen molar-refractivity contribution >= 4 is 11.9 Å². The van der Waals surface area contributed by atoms with Crippen LogP contribution in [0.25, 0.3) is 0 Å². The van der Waals surface area contributed by atoms with Crippen molar-refractivity contribution in [3.05, 3.63) is 29.3 Å². The van der Waals surface area contributed by atoms with Crippen molar-refractivity contribution in [2.75, 3.05) is 13.2 Å². The van der Waals surface area contributed by atoms with Gasteiger partial charge in [-0.3, -0.25) is 4.79 Å². The van der Waals surface area contributed by atoms with Gasteiger partial charge in [-0.1, -0.05) is 64.9 Å². The van der Waals surface area contributed by atoms with Crippen LogP contribution in [0.15, 0.2) is 18.2 Å². The van der Waals surface area contributed by atoms with Crippen molar-refractivity contribution in [2.24, 2.45) is 5.92 Å². The fraction of sp³-hybridized carbons (Fsp3) is 0.704. The molecule has 5 nitrogen and oxygen atoms in total. The van der Waals surface area contributed by atoms with Crippen LogP contribution in [0, 0.1) is 5.92 Å². The molecule has 1 aliphatic rings. The first-order valence-corrected chi connectivity index (χ1v) is 12.8. The van der Waals surface area contributed by atoms with Gasteiger partial charge >= 0.3 is 5.97 Å². The minimum atomic E-state index is -0.363. The summed E-state index contributed by atoms with van der Waals surface area (Å²) in [4.78, 5) is 25.1. The third kappa shape index (κ3) is 9.22. The van der Waals surface area contributed by atoms with Crippen LogP contribution in [0.3, 0.4) is 0 Å². The minimum absolute atomic E-state index is 0.0728. The third-order valence-electron chi connectivity index (χ3n) is 6.33. The topological polar surface area (TPSA) is 64.6 Å². The molecule has 1 saturated carbocycles. The summed E-state index contributed by atoms with van der Waals surface area (Å²) in [6.45, 7) is 7.09. The Kier molecular flexibility index (Phi) is 12.2. The van der Waals surface area contributed by atoms with E-state index in [1.807, 2.05) is 25.1 Å². The Hall–Kier alpha value is -2.04. The number of hydrogen-bond donors (Lipinski definition) is 1. The number of benzene rings is 1. The van der Waals surface area contributed by atoms with Crippen LogP contribution in [0.2, 0.25) is 0 Å². The average Bonchev–Trinajstić information content (AvgIpc) is 2.80. The predicted octanol–water partition coefficient (Wildman–Crippen LogP) is 6.75. The van der Waals surface area contributed by atoms with Crippen molar-refractivity contribution in [3.8, 4) is 5.75 Å². The molecule has 0 heterocycles. The van der Waals surface area contributed by atoms with Crippen LogP contribution < -0.4 is 10.1 Å². The van der Waals surface area contributed by atoms with E-state index in [0.29, 0.717) is 30.9 Å². The maximum absolute atomic E-state index is 12.7. The van der Waals surface area contributed by atoms with Crippen LogP contribution in [0.1, 0.15) is 120 Å². The number of ether oxygens (including phenoxy) is 2. The van der Waals surface area contributed by atoms with Crippen molar-refractivity contribution < 1.29 is 19.1 Å². The van der Waals surface area contributed by atoms with E-state index in [2.05, 4.69) is 19.2 Å². The van der Waals surface area contributed by atoms with Gasteiger partial charge in [-0.05, 0) is 56.2 Å². The van der Waals surface area contributed by atoms with E-state index in [4.69, 9.17) is 9.47 Å². The molecule has 0 radical (unpaired) electrons. The van der Waals surface area contributed by atoms with Gasteiger partial charge in [-0.2, -0.15) is 0 Å². The van der Waals surface area contributed by atoms with Gasteiger partial charge in [-0.25, -0.2) is 4.79 Å². The lowest BCUT2D eigenvalue weighted by molar-refractivity contribution is -0.121. The molecular formula is C27H43NO4. The maximum Gasteiger partial charge on any atom is 0.341 e. The van der Waals surface area contributed by atoms with Gasteiger partial charge in [0.25, 0.3) is 0 Å². The molecule has 0 bridgehead atoms. The van der Waals surface area contributed by atoms with Gasteiger partial charge in [0.15, 0.2) is 0 Å². The second-order valence-electron chi connectivity index (χ2n) is 9.13. The first-order chi connectivity index (χ1) is 15.5. The van der Waals surface area contributed by atoms with E-state index in [9.17, 15) is 9.59 Å². The Morgan fingerprint density at radius 1 is 1.03 bits per heavy atom.